The number of benzene rings is 1. The Labute approximate surface area is 122 Å². The van der Waals surface area contributed by atoms with Gasteiger partial charge in [-0.25, -0.2) is 8.42 Å². The molecule has 0 spiro atoms. The molecule has 1 aliphatic rings. The highest BCUT2D eigenvalue weighted by atomic mass is 32.2. The van der Waals surface area contributed by atoms with Crippen LogP contribution in [0.4, 0.5) is 5.69 Å². The van der Waals surface area contributed by atoms with E-state index in [0.717, 1.165) is 12.0 Å². The van der Waals surface area contributed by atoms with Crippen LogP contribution >= 0.6 is 11.3 Å². The lowest BCUT2D eigenvalue weighted by atomic mass is 10.1. The Morgan fingerprint density at radius 1 is 1.25 bits per heavy atom. The van der Waals surface area contributed by atoms with Crippen LogP contribution in [0, 0.1) is 0 Å². The smallest absolute Gasteiger partial charge is 0.245 e. The summed E-state index contributed by atoms with van der Waals surface area (Å²) in [6, 6.07) is 8.68. The Hall–Kier alpha value is -1.41. The third-order valence-electron chi connectivity index (χ3n) is 3.43. The number of nitrogens with zero attached hydrogens (tertiary/aromatic N) is 1. The number of rotatable bonds is 3. The number of nitrogens with two attached hydrogens (primary N) is 1. The molecule has 0 bridgehead atoms. The third kappa shape index (κ3) is 2.22. The van der Waals surface area contributed by atoms with E-state index in [2.05, 4.69) is 5.43 Å². The van der Waals surface area contributed by atoms with Crippen molar-refractivity contribution >= 4 is 27.0 Å². The van der Waals surface area contributed by atoms with Gasteiger partial charge in [0.05, 0.1) is 5.69 Å². The van der Waals surface area contributed by atoms with Crippen LogP contribution in [0.1, 0.15) is 10.4 Å². The number of anilines is 1. The van der Waals surface area contributed by atoms with Crippen molar-refractivity contribution in [3.8, 4) is 0 Å². The molecule has 3 rings (SSSR count). The highest BCUT2D eigenvalue weighted by Crippen LogP contribution is 2.30. The van der Waals surface area contributed by atoms with E-state index in [1.807, 2.05) is 11.4 Å². The Balaban J connectivity index is 1.97. The van der Waals surface area contributed by atoms with E-state index in [1.165, 1.54) is 9.18 Å². The Bertz CT molecular complexity index is 725. The summed E-state index contributed by atoms with van der Waals surface area (Å²) in [4.78, 5) is 1.50. The molecule has 7 heteroatoms. The van der Waals surface area contributed by atoms with Crippen LogP contribution in [0.5, 0.6) is 0 Å². The minimum Gasteiger partial charge on any atom is -0.323 e. The van der Waals surface area contributed by atoms with Crippen LogP contribution in [0.3, 0.4) is 0 Å². The van der Waals surface area contributed by atoms with Gasteiger partial charge >= 0.3 is 0 Å². The van der Waals surface area contributed by atoms with Crippen molar-refractivity contribution in [1.29, 1.82) is 0 Å². The van der Waals surface area contributed by atoms with Gasteiger partial charge in [-0.2, -0.15) is 4.31 Å². The Morgan fingerprint density at radius 2 is 2.05 bits per heavy atom. The number of fused-ring (bicyclic) bond motifs is 1. The first-order chi connectivity index (χ1) is 9.63. The van der Waals surface area contributed by atoms with Crippen LogP contribution in [0.25, 0.3) is 0 Å². The SMILES string of the molecule is NNc1ccccc1S(=O)(=O)N1CCc2sccc2C1. The number of para-hydroxylation sites is 1. The van der Waals surface area contributed by atoms with E-state index in [9.17, 15) is 8.42 Å². The molecule has 20 heavy (non-hydrogen) atoms. The molecule has 1 aromatic heterocycles. The fourth-order valence-electron chi connectivity index (χ4n) is 2.38. The molecule has 0 amide bonds. The highest BCUT2D eigenvalue weighted by molar-refractivity contribution is 7.89. The molecule has 0 fully saturated rings. The number of nitrogen functional groups attached to an aromatic ring is 1. The second-order valence-electron chi connectivity index (χ2n) is 4.60. The van der Waals surface area contributed by atoms with Crippen molar-refractivity contribution < 1.29 is 8.42 Å². The van der Waals surface area contributed by atoms with Crippen molar-refractivity contribution in [2.45, 2.75) is 17.9 Å². The zero-order valence-electron chi connectivity index (χ0n) is 10.7. The van der Waals surface area contributed by atoms with E-state index in [1.54, 1.807) is 35.6 Å². The summed E-state index contributed by atoms with van der Waals surface area (Å²) in [6.45, 7) is 0.939. The lowest BCUT2D eigenvalue weighted by Gasteiger charge is -2.27. The van der Waals surface area contributed by atoms with Gasteiger partial charge in [-0.3, -0.25) is 5.84 Å². The van der Waals surface area contributed by atoms with Gasteiger partial charge in [0.15, 0.2) is 0 Å². The number of hydrogen-bond donors (Lipinski definition) is 2. The topological polar surface area (TPSA) is 75.4 Å². The normalized spacial score (nSPS) is 15.8. The zero-order valence-corrected chi connectivity index (χ0v) is 12.4. The van der Waals surface area contributed by atoms with Gasteiger partial charge in [-0.15, -0.1) is 11.3 Å². The molecule has 106 valence electrons. The molecule has 1 aliphatic heterocycles. The lowest BCUT2D eigenvalue weighted by molar-refractivity contribution is 0.394. The average Bonchev–Trinajstić information content (AvgIpc) is 2.94. The predicted octanol–water partition coefficient (Wildman–Crippen LogP) is 1.78. The molecular weight excluding hydrogens is 294 g/mol. The molecule has 0 saturated heterocycles. The molecule has 0 radical (unpaired) electrons. The van der Waals surface area contributed by atoms with Gasteiger partial charge in [0.1, 0.15) is 4.90 Å². The molecule has 5 nitrogen and oxygen atoms in total. The number of thiophene rings is 1. The van der Waals surface area contributed by atoms with Crippen molar-refractivity contribution in [1.82, 2.24) is 4.31 Å². The van der Waals surface area contributed by atoms with Crippen LogP contribution in [-0.2, 0) is 23.0 Å². The largest absolute Gasteiger partial charge is 0.323 e. The number of nitrogens with one attached hydrogen (secondary N) is 1. The first-order valence-corrected chi connectivity index (χ1v) is 8.56. The minimum absolute atomic E-state index is 0.223. The standard InChI is InChI=1S/C13H15N3O2S2/c14-15-11-3-1-2-4-13(11)20(17,18)16-7-5-12-10(9-16)6-8-19-12/h1-4,6,8,15H,5,7,9,14H2. The van der Waals surface area contributed by atoms with Gasteiger partial charge in [-0.05, 0) is 35.6 Å². The van der Waals surface area contributed by atoms with Crippen LogP contribution in [0.15, 0.2) is 40.6 Å². The van der Waals surface area contributed by atoms with E-state index < -0.39 is 10.0 Å². The third-order valence-corrected chi connectivity index (χ3v) is 6.36. The van der Waals surface area contributed by atoms with Gasteiger partial charge in [0, 0.05) is 18.0 Å². The van der Waals surface area contributed by atoms with E-state index in [4.69, 9.17) is 5.84 Å². The van der Waals surface area contributed by atoms with Gasteiger partial charge in [0.25, 0.3) is 0 Å². The predicted molar refractivity (Wildman–Crippen MR) is 79.9 cm³/mol. The fraction of sp³-hybridized carbons (Fsp3) is 0.231. The molecule has 0 aliphatic carbocycles. The fourth-order valence-corrected chi connectivity index (χ4v) is 4.84. The maximum absolute atomic E-state index is 12.7. The van der Waals surface area contributed by atoms with Crippen molar-refractivity contribution in [3.63, 3.8) is 0 Å². The summed E-state index contributed by atoms with van der Waals surface area (Å²) in [5.41, 5.74) is 3.97. The van der Waals surface area contributed by atoms with E-state index >= 15 is 0 Å². The molecule has 0 saturated carbocycles. The monoisotopic (exact) mass is 309 g/mol. The summed E-state index contributed by atoms with van der Waals surface area (Å²) in [7, 11) is -3.53. The zero-order chi connectivity index (χ0) is 14.2. The molecule has 3 N–H and O–H groups in total. The quantitative estimate of drug-likeness (QED) is 0.669. The molecule has 2 heterocycles. The maximum atomic E-state index is 12.7. The van der Waals surface area contributed by atoms with Crippen molar-refractivity contribution in [2.24, 2.45) is 5.84 Å². The Morgan fingerprint density at radius 3 is 2.85 bits per heavy atom. The van der Waals surface area contributed by atoms with Gasteiger partial charge in [-0.1, -0.05) is 12.1 Å². The van der Waals surface area contributed by atoms with E-state index in [-0.39, 0.29) is 4.90 Å². The second kappa shape index (κ2) is 5.17. The van der Waals surface area contributed by atoms with Crippen LogP contribution in [0.2, 0.25) is 0 Å². The molecule has 0 unspecified atom stereocenters. The first-order valence-electron chi connectivity index (χ1n) is 6.24. The summed E-state index contributed by atoms with van der Waals surface area (Å²) >= 11 is 1.69. The summed E-state index contributed by atoms with van der Waals surface area (Å²) < 4.78 is 27.0. The minimum atomic E-state index is -3.53. The molecule has 1 aromatic carbocycles. The van der Waals surface area contributed by atoms with Crippen LogP contribution in [-0.4, -0.2) is 19.3 Å². The maximum Gasteiger partial charge on any atom is 0.245 e. The number of sulfonamides is 1. The Kier molecular flexibility index (Phi) is 3.51. The molecule has 0 atom stereocenters. The number of hydrogen-bond acceptors (Lipinski definition) is 5. The summed E-state index contributed by atoms with van der Waals surface area (Å²) in [5, 5.41) is 2.01. The molecule has 2 aromatic rings. The van der Waals surface area contributed by atoms with Gasteiger partial charge < -0.3 is 5.43 Å². The lowest BCUT2D eigenvalue weighted by Crippen LogP contribution is -2.35. The average molecular weight is 309 g/mol. The van der Waals surface area contributed by atoms with Crippen LogP contribution < -0.4 is 11.3 Å². The second-order valence-corrected chi connectivity index (χ2v) is 7.51. The van der Waals surface area contributed by atoms with Gasteiger partial charge in [0.2, 0.25) is 10.0 Å². The molecular formula is C13H15N3O2S2. The summed E-state index contributed by atoms with van der Waals surface area (Å²) in [6.07, 6.45) is 0.768. The summed E-state index contributed by atoms with van der Waals surface area (Å²) in [5.74, 6) is 5.41. The van der Waals surface area contributed by atoms with Crippen molar-refractivity contribution in [3.05, 3.63) is 46.2 Å². The number of hydrazine groups is 1. The highest BCUT2D eigenvalue weighted by Gasteiger charge is 2.30. The first kappa shape index (κ1) is 13.6. The van der Waals surface area contributed by atoms with E-state index in [0.29, 0.717) is 18.8 Å². The van der Waals surface area contributed by atoms with Crippen molar-refractivity contribution in [2.75, 3.05) is 12.0 Å².